The van der Waals surface area contributed by atoms with Gasteiger partial charge in [-0.15, -0.1) is 24.3 Å². The fraction of sp³-hybridized carbons (Fsp3) is 0.412. The second-order valence-corrected chi connectivity index (χ2v) is 17.2. The van der Waals surface area contributed by atoms with Crippen LogP contribution in [0.3, 0.4) is 0 Å². The first-order valence-corrected chi connectivity index (χ1v) is 20.7. The van der Waals surface area contributed by atoms with Crippen molar-refractivity contribution in [2.75, 3.05) is 23.0 Å². The van der Waals surface area contributed by atoms with E-state index in [1.54, 1.807) is 18.3 Å². The summed E-state index contributed by atoms with van der Waals surface area (Å²) in [5.74, 6) is -0.0476. The van der Waals surface area contributed by atoms with Crippen LogP contribution in [0.15, 0.2) is 82.6 Å². The Morgan fingerprint density at radius 2 is 1.57 bits per heavy atom. The largest absolute Gasteiger partial charge is 1.00 e. The Morgan fingerprint density at radius 3 is 2.17 bits per heavy atom. The molecule has 53 heavy (non-hydrogen) atoms. The summed E-state index contributed by atoms with van der Waals surface area (Å²) in [6.45, 7) is 9.38. The van der Waals surface area contributed by atoms with Crippen molar-refractivity contribution in [2.24, 2.45) is 4.99 Å². The summed E-state index contributed by atoms with van der Waals surface area (Å²) >= 11 is 13.0. The second-order valence-electron chi connectivity index (χ2n) is 12.9. The van der Waals surface area contributed by atoms with E-state index in [2.05, 4.69) is 38.7 Å². The Morgan fingerprint density at radius 1 is 0.962 bits per heavy atom. The Bertz CT molecular complexity index is 2110. The predicted octanol–water partition coefficient (Wildman–Crippen LogP) is -0.637. The van der Waals surface area contributed by atoms with Crippen LogP contribution in [-0.4, -0.2) is 62.3 Å². The van der Waals surface area contributed by atoms with Crippen molar-refractivity contribution in [3.63, 3.8) is 0 Å². The fourth-order valence-corrected chi connectivity index (χ4v) is 7.41. The number of allylic oxidation sites excluding steroid dienone is 8. The number of hydrogen-bond acceptors (Lipinski definition) is 11. The molecular weight excluding hydrogens is 807 g/mol. The average Bonchev–Trinajstić information content (AvgIpc) is 3.38. The molecule has 2 aromatic rings. The third-order valence-electron chi connectivity index (χ3n) is 8.44. The van der Waals surface area contributed by atoms with Crippen LogP contribution in [0.2, 0.25) is 5.02 Å². The molecule has 2 aliphatic rings. The fourth-order valence-electron chi connectivity index (χ4n) is 5.93. The minimum absolute atomic E-state index is 0. The number of pyridine rings is 1. The normalized spacial score (nSPS) is 16.8. The minimum atomic E-state index is -4.26. The molecule has 0 bridgehead atoms. The maximum Gasteiger partial charge on any atom is 1.00 e. The van der Waals surface area contributed by atoms with E-state index in [-0.39, 0.29) is 83.1 Å². The van der Waals surface area contributed by atoms with Gasteiger partial charge in [0, 0.05) is 28.8 Å². The molecule has 0 unspecified atom stereocenters. The molecule has 2 aliphatic heterocycles. The van der Waals surface area contributed by atoms with Crippen molar-refractivity contribution in [1.29, 1.82) is 0 Å². The van der Waals surface area contributed by atoms with Gasteiger partial charge < -0.3 is 14.0 Å². The van der Waals surface area contributed by atoms with Gasteiger partial charge in [-0.25, -0.2) is 21.4 Å². The zero-order valence-electron chi connectivity index (χ0n) is 30.5. The van der Waals surface area contributed by atoms with Gasteiger partial charge in [-0.1, -0.05) is 54.9 Å². The summed E-state index contributed by atoms with van der Waals surface area (Å²) in [6, 6.07) is 10.8. The van der Waals surface area contributed by atoms with Gasteiger partial charge in [0.05, 0.1) is 42.8 Å². The van der Waals surface area contributed by atoms with Crippen LogP contribution in [0.1, 0.15) is 64.5 Å². The zero-order chi connectivity index (χ0) is 38.2. The van der Waals surface area contributed by atoms with Crippen LogP contribution in [0.25, 0.3) is 0 Å². The van der Waals surface area contributed by atoms with E-state index in [1.807, 2.05) is 53.1 Å². The number of hydrogen-bond donors (Lipinski definition) is 0. The van der Waals surface area contributed by atoms with Crippen molar-refractivity contribution < 1.29 is 102 Å². The molecule has 0 amide bonds. The van der Waals surface area contributed by atoms with E-state index >= 15 is 0 Å². The molecule has 0 spiro atoms. The number of fused-ring (bicyclic) bond motifs is 2. The van der Waals surface area contributed by atoms with Crippen LogP contribution in [-0.2, 0) is 48.2 Å². The predicted molar refractivity (Wildman–Crippen MR) is 195 cm³/mol. The Kier molecular flexibility index (Phi) is 20.1. The van der Waals surface area contributed by atoms with Gasteiger partial charge in [0.15, 0.2) is 5.71 Å². The van der Waals surface area contributed by atoms with Gasteiger partial charge >= 0.3 is 75.5 Å². The van der Waals surface area contributed by atoms with Gasteiger partial charge in [-0.2, -0.15) is 18.2 Å². The number of rotatable bonds is 14. The molecule has 0 N–H and O–H groups in total. The molecule has 12 nitrogen and oxygen atoms in total. The van der Waals surface area contributed by atoms with Crippen molar-refractivity contribution >= 4 is 71.3 Å². The summed E-state index contributed by atoms with van der Waals surface area (Å²) in [5, 5.41) is 1.03. The van der Waals surface area contributed by atoms with Crippen molar-refractivity contribution in [3.8, 4) is 0 Å². The van der Waals surface area contributed by atoms with Crippen molar-refractivity contribution in [2.45, 2.75) is 70.8 Å². The Hall–Kier alpha value is -1.18. The quantitative estimate of drug-likeness (QED) is 0.0592. The monoisotopic (exact) mass is 845 g/mol. The van der Waals surface area contributed by atoms with E-state index in [9.17, 15) is 25.9 Å². The number of halogens is 2. The van der Waals surface area contributed by atoms with Crippen LogP contribution in [0, 0.1) is 6.07 Å². The maximum atomic E-state index is 11.1. The third kappa shape index (κ3) is 15.0. The maximum absolute atomic E-state index is 11.1. The summed E-state index contributed by atoms with van der Waals surface area (Å²) in [6.07, 6.45) is 14.5. The number of benzene rings is 1. The number of unbranched alkanes of at least 4 members (excludes halogenated alkanes) is 2. The second kappa shape index (κ2) is 21.4. The first-order valence-electron chi connectivity index (χ1n) is 15.8. The number of anilines is 1. The van der Waals surface area contributed by atoms with Crippen LogP contribution in [0.5, 0.6) is 0 Å². The van der Waals surface area contributed by atoms with Crippen molar-refractivity contribution in [3.05, 3.63) is 99.9 Å². The first kappa shape index (κ1) is 49.8. The number of aromatic nitrogens is 1. The molecule has 4 rings (SSSR count). The summed E-state index contributed by atoms with van der Waals surface area (Å²) < 4.78 is 93.4. The van der Waals surface area contributed by atoms with E-state index in [4.69, 9.17) is 40.8 Å². The molecule has 0 saturated carbocycles. The summed E-state index contributed by atoms with van der Waals surface area (Å²) in [5.41, 5.74) is 4.14. The molecule has 3 heterocycles. The molecule has 0 saturated heterocycles. The summed E-state index contributed by atoms with van der Waals surface area (Å²) in [7, 11) is -11.6. The Balaban J connectivity index is 0.00000222. The summed E-state index contributed by atoms with van der Waals surface area (Å²) in [4.78, 5) is 7.03. The van der Waals surface area contributed by atoms with Gasteiger partial charge in [0.2, 0.25) is 0 Å². The van der Waals surface area contributed by atoms with Crippen molar-refractivity contribution in [1.82, 2.24) is 0 Å². The van der Waals surface area contributed by atoms with Crippen LogP contribution in [0.4, 0.5) is 11.5 Å². The average molecular weight is 847 g/mol. The smallest absolute Gasteiger partial charge is 0.748 e. The number of aliphatic imine (C=N–C) groups is 1. The van der Waals surface area contributed by atoms with Gasteiger partial charge in [-0.3, -0.25) is 0 Å². The Labute approximate surface area is 368 Å². The third-order valence-corrected chi connectivity index (χ3v) is 10.5. The van der Waals surface area contributed by atoms with E-state index < -0.39 is 42.0 Å². The van der Waals surface area contributed by atoms with E-state index in [1.165, 1.54) is 0 Å². The van der Waals surface area contributed by atoms with E-state index in [0.717, 1.165) is 34.0 Å². The molecule has 0 radical (unpaired) electrons. The zero-order valence-corrected chi connectivity index (χ0v) is 38.5. The SMILES string of the molecule is CC1(C)C(=CC=CC(Cl)=CC=CC2=Nc3c(cc(Cl)c[n+]3CCCCS(=O)(=O)[O-])C2(C)C)N(CCCCS(=O)(=O)[O-])c2cc[c-]cc21.O=S(=O)=O.[Na+].[Na+]. The standard InChI is InChI=1S/C34H41Cl2N3O6S2.2Na.O3S/c1-33(2)28-23-26(36)24-38(19-7-9-21-46(40,41)42)32(28)37-30(33)17-11-13-25(35)14-12-18-31-34(3,4)27-15-5-6-16-29(27)39(31)20-8-10-22-47(43,44)45;;;1-4(2)3/h6,11-18,23-24H,7-10,19-22H2,1-4H3,(H,40,41,42)(H,43,44,45);;;/q;2*+1;/p-2. The van der Waals surface area contributed by atoms with Crippen LogP contribution < -0.4 is 68.6 Å². The molecule has 0 atom stereocenters. The first-order chi connectivity index (χ1) is 23.6. The molecule has 0 fully saturated rings. The number of nitrogens with zero attached hydrogens (tertiary/aromatic N) is 3. The topological polar surface area (TPSA) is 185 Å². The van der Waals surface area contributed by atoms with Gasteiger partial charge in [0.25, 0.3) is 0 Å². The minimum Gasteiger partial charge on any atom is -0.748 e. The van der Waals surface area contributed by atoms with Gasteiger partial charge in [-0.05, 0) is 80.3 Å². The molecule has 19 heteroatoms. The van der Waals surface area contributed by atoms with Crippen LogP contribution >= 0.6 is 23.2 Å². The molecule has 1 aromatic carbocycles. The molecule has 0 aliphatic carbocycles. The number of aryl methyl sites for hydroxylation is 1. The molecule has 278 valence electrons. The molecule has 1 aromatic heterocycles. The molecular formula is C34H39Cl2N3Na2O9S3. The van der Waals surface area contributed by atoms with Gasteiger partial charge in [0.1, 0.15) is 6.20 Å². The van der Waals surface area contributed by atoms with E-state index in [0.29, 0.717) is 36.0 Å².